The van der Waals surface area contributed by atoms with E-state index in [9.17, 15) is 9.59 Å². The van der Waals surface area contributed by atoms with Gasteiger partial charge in [-0.2, -0.15) is 0 Å². The molecule has 0 bridgehead atoms. The van der Waals surface area contributed by atoms with E-state index in [1.54, 1.807) is 6.07 Å². The Bertz CT molecular complexity index is 503. The largest absolute Gasteiger partial charge is 0.480 e. The molecule has 0 fully saturated rings. The number of hydrogen-bond donors (Lipinski definition) is 4. The number of nitrogens with one attached hydrogen (secondary N) is 2. The van der Waals surface area contributed by atoms with Crippen LogP contribution in [0.4, 0.5) is 5.69 Å². The van der Waals surface area contributed by atoms with Gasteiger partial charge in [-0.3, -0.25) is 9.59 Å². The minimum Gasteiger partial charge on any atom is -0.480 e. The molecule has 0 saturated carbocycles. The van der Waals surface area contributed by atoms with Gasteiger partial charge < -0.3 is 21.5 Å². The maximum absolute atomic E-state index is 12.0. The number of nitrogens with two attached hydrogens (primary N) is 1. The highest BCUT2D eigenvalue weighted by molar-refractivity contribution is 5.94. The van der Waals surface area contributed by atoms with Crippen molar-refractivity contribution in [2.45, 2.75) is 32.7 Å². The quantitative estimate of drug-likeness (QED) is 0.536. The lowest BCUT2D eigenvalue weighted by molar-refractivity contribution is -0.141. The van der Waals surface area contributed by atoms with Gasteiger partial charge in [-0.25, -0.2) is 0 Å². The van der Waals surface area contributed by atoms with E-state index in [0.29, 0.717) is 25.2 Å². The number of carboxylic acid groups (broad SMARTS) is 1. The summed E-state index contributed by atoms with van der Waals surface area (Å²) in [6, 6.07) is 4.71. The summed E-state index contributed by atoms with van der Waals surface area (Å²) in [7, 11) is 0. The summed E-state index contributed by atoms with van der Waals surface area (Å²) in [6.45, 7) is 4.83. The molecule has 0 aliphatic carbocycles. The van der Waals surface area contributed by atoms with E-state index in [-0.39, 0.29) is 12.3 Å². The fourth-order valence-electron chi connectivity index (χ4n) is 1.90. The molecule has 0 heterocycles. The number of aliphatic carboxylic acids is 1. The third-order valence-electron chi connectivity index (χ3n) is 3.34. The summed E-state index contributed by atoms with van der Waals surface area (Å²) in [4.78, 5) is 23.1. The smallest absolute Gasteiger partial charge is 0.321 e. The van der Waals surface area contributed by atoms with Crippen LogP contribution >= 0.6 is 0 Å². The van der Waals surface area contributed by atoms with Gasteiger partial charge in [-0.1, -0.05) is 12.1 Å². The van der Waals surface area contributed by atoms with Crippen molar-refractivity contribution >= 4 is 17.6 Å². The number of hydrogen-bond acceptors (Lipinski definition) is 4. The predicted octanol–water partition coefficient (Wildman–Crippen LogP) is 1.02. The molecule has 0 unspecified atom stereocenters. The molecule has 0 spiro atoms. The molecule has 1 amide bonds. The molecule has 116 valence electrons. The first-order valence-corrected chi connectivity index (χ1v) is 6.98. The number of anilines is 1. The Balaban J connectivity index is 2.61. The molecule has 5 N–H and O–H groups in total. The SMILES string of the molecule is Cc1cccc(NC(=O)C[C@H](NCCCN)C(=O)O)c1C. The molecule has 1 atom stereocenters. The molecule has 1 aromatic carbocycles. The van der Waals surface area contributed by atoms with Crippen LogP contribution in [-0.2, 0) is 9.59 Å². The highest BCUT2D eigenvalue weighted by atomic mass is 16.4. The molecule has 6 heteroatoms. The van der Waals surface area contributed by atoms with Gasteiger partial charge in [0.1, 0.15) is 6.04 Å². The fourth-order valence-corrected chi connectivity index (χ4v) is 1.90. The van der Waals surface area contributed by atoms with E-state index in [0.717, 1.165) is 11.1 Å². The average molecular weight is 293 g/mol. The van der Waals surface area contributed by atoms with Gasteiger partial charge in [-0.15, -0.1) is 0 Å². The average Bonchev–Trinajstić information content (AvgIpc) is 2.43. The summed E-state index contributed by atoms with van der Waals surface area (Å²) >= 11 is 0. The molecular weight excluding hydrogens is 270 g/mol. The van der Waals surface area contributed by atoms with Crippen molar-refractivity contribution in [3.05, 3.63) is 29.3 Å². The molecule has 0 aliphatic heterocycles. The highest BCUT2D eigenvalue weighted by Crippen LogP contribution is 2.18. The summed E-state index contributed by atoms with van der Waals surface area (Å²) < 4.78 is 0. The predicted molar refractivity (Wildman–Crippen MR) is 82.3 cm³/mol. The molecular formula is C15H23N3O3. The zero-order valence-electron chi connectivity index (χ0n) is 12.5. The first-order chi connectivity index (χ1) is 9.95. The minimum absolute atomic E-state index is 0.118. The van der Waals surface area contributed by atoms with Gasteiger partial charge in [0.15, 0.2) is 0 Å². The van der Waals surface area contributed by atoms with Gasteiger partial charge >= 0.3 is 5.97 Å². The lowest BCUT2D eigenvalue weighted by Crippen LogP contribution is -2.40. The summed E-state index contributed by atoms with van der Waals surface area (Å²) in [5, 5.41) is 14.7. The Morgan fingerprint density at radius 3 is 2.67 bits per heavy atom. The van der Waals surface area contributed by atoms with Gasteiger partial charge in [-0.05, 0) is 50.6 Å². The van der Waals surface area contributed by atoms with Crippen molar-refractivity contribution in [2.24, 2.45) is 5.73 Å². The molecule has 0 aliphatic rings. The Morgan fingerprint density at radius 2 is 2.05 bits per heavy atom. The van der Waals surface area contributed by atoms with Crippen molar-refractivity contribution in [3.8, 4) is 0 Å². The molecule has 1 aromatic rings. The topological polar surface area (TPSA) is 104 Å². The van der Waals surface area contributed by atoms with E-state index in [1.807, 2.05) is 26.0 Å². The zero-order valence-corrected chi connectivity index (χ0v) is 12.5. The maximum atomic E-state index is 12.0. The number of carbonyl (C=O) groups is 2. The highest BCUT2D eigenvalue weighted by Gasteiger charge is 2.20. The number of amides is 1. The van der Waals surface area contributed by atoms with Crippen LogP contribution in [0.15, 0.2) is 18.2 Å². The van der Waals surface area contributed by atoms with Gasteiger partial charge in [0.25, 0.3) is 0 Å². The Hall–Kier alpha value is -1.92. The van der Waals surface area contributed by atoms with Crippen LogP contribution in [0.3, 0.4) is 0 Å². The number of benzene rings is 1. The van der Waals surface area contributed by atoms with Crippen LogP contribution in [0, 0.1) is 13.8 Å². The van der Waals surface area contributed by atoms with Crippen molar-refractivity contribution in [1.82, 2.24) is 5.32 Å². The van der Waals surface area contributed by atoms with Crippen molar-refractivity contribution in [2.75, 3.05) is 18.4 Å². The number of rotatable bonds is 8. The van der Waals surface area contributed by atoms with Crippen molar-refractivity contribution in [3.63, 3.8) is 0 Å². The minimum atomic E-state index is -1.04. The molecule has 0 aromatic heterocycles. The molecule has 21 heavy (non-hydrogen) atoms. The van der Waals surface area contributed by atoms with Gasteiger partial charge in [0.2, 0.25) is 5.91 Å². The molecule has 6 nitrogen and oxygen atoms in total. The number of carboxylic acids is 1. The van der Waals surface area contributed by atoms with Crippen LogP contribution in [-0.4, -0.2) is 36.1 Å². The number of aryl methyl sites for hydroxylation is 1. The first-order valence-electron chi connectivity index (χ1n) is 6.98. The van der Waals surface area contributed by atoms with Gasteiger partial charge in [0, 0.05) is 5.69 Å². The van der Waals surface area contributed by atoms with Gasteiger partial charge in [0.05, 0.1) is 6.42 Å². The fraction of sp³-hybridized carbons (Fsp3) is 0.467. The summed E-state index contributed by atoms with van der Waals surface area (Å²) in [6.07, 6.45) is 0.551. The number of carbonyl (C=O) groups excluding carboxylic acids is 1. The maximum Gasteiger partial charge on any atom is 0.321 e. The third-order valence-corrected chi connectivity index (χ3v) is 3.34. The van der Waals surface area contributed by atoms with E-state index >= 15 is 0 Å². The molecule has 0 saturated heterocycles. The van der Waals surface area contributed by atoms with Crippen molar-refractivity contribution < 1.29 is 14.7 Å². The van der Waals surface area contributed by atoms with E-state index in [4.69, 9.17) is 10.8 Å². The Labute approximate surface area is 124 Å². The van der Waals surface area contributed by atoms with Crippen LogP contribution in [0.2, 0.25) is 0 Å². The molecule has 1 rings (SSSR count). The summed E-state index contributed by atoms with van der Waals surface area (Å²) in [5.74, 6) is -1.36. The normalized spacial score (nSPS) is 12.0. The van der Waals surface area contributed by atoms with Crippen LogP contribution in [0.25, 0.3) is 0 Å². The monoisotopic (exact) mass is 293 g/mol. The standard InChI is InChI=1S/C15H23N3O3/c1-10-5-3-6-12(11(10)2)18-14(19)9-13(15(20)21)17-8-4-7-16/h3,5-6,13,17H,4,7-9,16H2,1-2H3,(H,18,19)(H,20,21)/t13-/m0/s1. The van der Waals surface area contributed by atoms with Crippen LogP contribution in [0.1, 0.15) is 24.0 Å². The lowest BCUT2D eigenvalue weighted by atomic mass is 10.1. The van der Waals surface area contributed by atoms with E-state index in [1.165, 1.54) is 0 Å². The lowest BCUT2D eigenvalue weighted by Gasteiger charge is -2.15. The second-order valence-corrected chi connectivity index (χ2v) is 4.99. The van der Waals surface area contributed by atoms with Crippen LogP contribution < -0.4 is 16.4 Å². The zero-order chi connectivity index (χ0) is 15.8. The Kier molecular flexibility index (Phi) is 6.84. The first kappa shape index (κ1) is 17.1. The van der Waals surface area contributed by atoms with E-state index in [2.05, 4.69) is 10.6 Å². The molecule has 0 radical (unpaired) electrons. The Morgan fingerprint density at radius 1 is 1.33 bits per heavy atom. The third kappa shape index (κ3) is 5.53. The summed E-state index contributed by atoms with van der Waals surface area (Å²) in [5.41, 5.74) is 8.13. The second kappa shape index (κ2) is 8.39. The van der Waals surface area contributed by atoms with Crippen LogP contribution in [0.5, 0.6) is 0 Å². The van der Waals surface area contributed by atoms with E-state index < -0.39 is 12.0 Å². The second-order valence-electron chi connectivity index (χ2n) is 4.99. The van der Waals surface area contributed by atoms with Crippen molar-refractivity contribution in [1.29, 1.82) is 0 Å².